The van der Waals surface area contributed by atoms with Gasteiger partial charge in [0.1, 0.15) is 0 Å². The fourth-order valence-electron chi connectivity index (χ4n) is 7.56. The Hall–Kier alpha value is -0.670. The number of benzene rings is 1. The number of hydrogen-bond acceptors (Lipinski definition) is 4. The molecule has 56 heavy (non-hydrogen) atoms. The van der Waals surface area contributed by atoms with Gasteiger partial charge in [-0.15, -0.1) is 0 Å². The Bertz CT molecular complexity index is 996. The summed E-state index contributed by atoms with van der Waals surface area (Å²) < 4.78 is 32.1. The van der Waals surface area contributed by atoms with Crippen molar-refractivity contribution in [3.63, 3.8) is 0 Å². The molecule has 0 atom stereocenters. The van der Waals surface area contributed by atoms with Gasteiger partial charge in [-0.3, -0.25) is 13.6 Å². The topological polar surface area (TPSA) is 44.8 Å². The fourth-order valence-corrected chi connectivity index (χ4v) is 8.80. The summed E-state index contributed by atoms with van der Waals surface area (Å²) in [5, 5.41) is 0. The van der Waals surface area contributed by atoms with Crippen LogP contribution in [0.3, 0.4) is 0 Å². The van der Waals surface area contributed by atoms with Crippen molar-refractivity contribution < 1.29 is 18.1 Å². The van der Waals surface area contributed by atoms with Crippen molar-refractivity contribution in [3.05, 3.63) is 34.9 Å². The normalized spacial score (nSPS) is 12.6. The van der Waals surface area contributed by atoms with Crippen LogP contribution in [0.2, 0.25) is 0 Å². The maximum atomic E-state index is 14.0. The molecule has 1 rings (SSSR count). The van der Waals surface area contributed by atoms with Crippen LogP contribution in [0.15, 0.2) is 18.2 Å². The first-order valence-electron chi connectivity index (χ1n) is 24.6. The van der Waals surface area contributed by atoms with E-state index in [2.05, 4.69) is 73.6 Å². The van der Waals surface area contributed by atoms with Crippen LogP contribution in [0, 0.1) is 0 Å². The Labute approximate surface area is 351 Å². The van der Waals surface area contributed by atoms with E-state index in [1.807, 2.05) is 0 Å². The molecule has 0 radical (unpaired) electrons. The second-order valence-electron chi connectivity index (χ2n) is 19.4. The first-order chi connectivity index (χ1) is 26.9. The highest BCUT2D eigenvalue weighted by molar-refractivity contribution is 7.48. The number of unbranched alkanes of at least 4 members (excludes halogenated alkanes) is 30. The van der Waals surface area contributed by atoms with Crippen LogP contribution in [-0.4, -0.2) is 13.2 Å². The van der Waals surface area contributed by atoms with Crippen molar-refractivity contribution in [1.29, 1.82) is 0 Å². The average molecular weight is 805 g/mol. The molecule has 0 bridgehead atoms. The molecular formula is C51H97O4P. The Balaban J connectivity index is 2.42. The summed E-state index contributed by atoms with van der Waals surface area (Å²) in [4.78, 5) is 0. The zero-order chi connectivity index (χ0) is 41.2. The molecule has 0 heterocycles. The number of phosphoric acid groups is 1. The Morgan fingerprint density at radius 1 is 0.375 bits per heavy atom. The second-order valence-corrected chi connectivity index (χ2v) is 21.1. The third-order valence-electron chi connectivity index (χ3n) is 11.6. The summed E-state index contributed by atoms with van der Waals surface area (Å²) >= 11 is 0. The average Bonchev–Trinajstić information content (AvgIpc) is 3.15. The van der Waals surface area contributed by atoms with Gasteiger partial charge in [0.05, 0.1) is 19.8 Å². The summed E-state index contributed by atoms with van der Waals surface area (Å²) in [6.45, 7) is 19.1. The summed E-state index contributed by atoms with van der Waals surface area (Å²) in [5.74, 6) is 0. The van der Waals surface area contributed by atoms with Gasteiger partial charge in [0.2, 0.25) is 0 Å². The highest BCUT2D eigenvalue weighted by atomic mass is 31.2. The lowest BCUT2D eigenvalue weighted by atomic mass is 9.79. The summed E-state index contributed by atoms with van der Waals surface area (Å²) in [6, 6.07) is 6.71. The molecule has 1 aromatic rings. The molecular weight excluding hydrogens is 708 g/mol. The van der Waals surface area contributed by atoms with Crippen molar-refractivity contribution in [2.45, 2.75) is 278 Å². The van der Waals surface area contributed by atoms with Crippen molar-refractivity contribution in [3.8, 4) is 0 Å². The van der Waals surface area contributed by atoms with E-state index in [0.717, 1.165) is 31.2 Å². The van der Waals surface area contributed by atoms with Gasteiger partial charge in [0.25, 0.3) is 0 Å². The van der Waals surface area contributed by atoms with E-state index in [9.17, 15) is 4.57 Å². The zero-order valence-electron chi connectivity index (χ0n) is 39.1. The predicted molar refractivity (Wildman–Crippen MR) is 247 cm³/mol. The van der Waals surface area contributed by atoms with E-state index in [4.69, 9.17) is 13.6 Å². The molecule has 1 aromatic carbocycles. The number of rotatable bonds is 39. The number of phosphoric ester groups is 1. The highest BCUT2D eigenvalue weighted by Gasteiger charge is 2.28. The molecule has 0 aliphatic rings. The van der Waals surface area contributed by atoms with Crippen LogP contribution in [-0.2, 0) is 35.6 Å². The van der Waals surface area contributed by atoms with Gasteiger partial charge >= 0.3 is 7.82 Å². The lowest BCUT2D eigenvalue weighted by Gasteiger charge is -2.26. The molecule has 0 amide bonds. The van der Waals surface area contributed by atoms with Crippen LogP contribution in [0.25, 0.3) is 0 Å². The van der Waals surface area contributed by atoms with Crippen LogP contribution in [0.4, 0.5) is 0 Å². The maximum absolute atomic E-state index is 14.0. The van der Waals surface area contributed by atoms with Gasteiger partial charge in [-0.1, -0.05) is 266 Å². The van der Waals surface area contributed by atoms with Crippen molar-refractivity contribution in [2.75, 3.05) is 13.2 Å². The summed E-state index contributed by atoms with van der Waals surface area (Å²) in [7, 11) is -3.68. The SMILES string of the molecule is CCCCCCCCCCCCCCCCCCOP(=O)(OCCCCCCCCCCCCCCCCCC)OCc1cc(C(C)(C)C)cc(C(C)(C)C)c1. The van der Waals surface area contributed by atoms with E-state index in [1.54, 1.807) is 0 Å². The maximum Gasteiger partial charge on any atom is 0.475 e. The van der Waals surface area contributed by atoms with Crippen molar-refractivity contribution in [1.82, 2.24) is 0 Å². The lowest BCUT2D eigenvalue weighted by molar-refractivity contribution is 0.105. The first kappa shape index (κ1) is 53.3. The molecule has 0 saturated carbocycles. The summed E-state index contributed by atoms with van der Waals surface area (Å²) in [5.41, 5.74) is 3.57. The Morgan fingerprint density at radius 2 is 0.625 bits per heavy atom. The number of hydrogen-bond donors (Lipinski definition) is 0. The predicted octanol–water partition coefficient (Wildman–Crippen LogP) is 18.5. The largest absolute Gasteiger partial charge is 0.475 e. The molecule has 330 valence electrons. The molecule has 0 aromatic heterocycles. The van der Waals surface area contributed by atoms with E-state index >= 15 is 0 Å². The van der Waals surface area contributed by atoms with Gasteiger partial charge in [-0.2, -0.15) is 0 Å². The minimum Gasteiger partial charge on any atom is -0.287 e. The highest BCUT2D eigenvalue weighted by Crippen LogP contribution is 2.50. The Kier molecular flexibility index (Phi) is 32.5. The van der Waals surface area contributed by atoms with E-state index in [1.165, 1.54) is 191 Å². The van der Waals surface area contributed by atoms with Gasteiger partial charge in [0, 0.05) is 0 Å². The molecule has 4 nitrogen and oxygen atoms in total. The zero-order valence-corrected chi connectivity index (χ0v) is 40.0. The van der Waals surface area contributed by atoms with Crippen LogP contribution >= 0.6 is 7.82 Å². The third-order valence-corrected chi connectivity index (χ3v) is 13.1. The minimum absolute atomic E-state index is 0.00713. The molecule has 5 heteroatoms. The molecule has 0 fully saturated rings. The van der Waals surface area contributed by atoms with Gasteiger partial charge in [0.15, 0.2) is 0 Å². The van der Waals surface area contributed by atoms with E-state index in [-0.39, 0.29) is 17.4 Å². The van der Waals surface area contributed by atoms with Gasteiger partial charge < -0.3 is 0 Å². The molecule has 0 saturated heterocycles. The minimum atomic E-state index is -3.68. The van der Waals surface area contributed by atoms with Crippen LogP contribution in [0.1, 0.15) is 278 Å². The third kappa shape index (κ3) is 30.4. The van der Waals surface area contributed by atoms with Crippen LogP contribution < -0.4 is 0 Å². The standard InChI is InChI=1S/C51H97O4P/c1-9-11-13-15-17-19-21-23-25-27-29-31-33-35-37-39-41-53-56(52,55-46-47-43-48(50(3,4)5)45-49(44-47)51(6,7)8)54-42-40-38-36-34-32-30-28-26-24-22-20-18-16-14-12-10-2/h43-45H,9-42,46H2,1-8H3. The molecule has 0 aliphatic carbocycles. The Morgan fingerprint density at radius 3 is 0.875 bits per heavy atom. The molecule has 0 spiro atoms. The lowest BCUT2D eigenvalue weighted by Crippen LogP contribution is -2.17. The monoisotopic (exact) mass is 805 g/mol. The second kappa shape index (κ2) is 34.1. The van der Waals surface area contributed by atoms with Crippen molar-refractivity contribution in [2.24, 2.45) is 0 Å². The van der Waals surface area contributed by atoms with Gasteiger partial charge in [-0.25, -0.2) is 4.57 Å². The first-order valence-corrected chi connectivity index (χ1v) is 26.1. The van der Waals surface area contributed by atoms with E-state index < -0.39 is 7.82 Å². The van der Waals surface area contributed by atoms with E-state index in [0.29, 0.717) is 13.2 Å². The molecule has 0 unspecified atom stereocenters. The molecule has 0 N–H and O–H groups in total. The van der Waals surface area contributed by atoms with Crippen molar-refractivity contribution >= 4 is 7.82 Å². The fraction of sp³-hybridized carbons (Fsp3) is 0.882. The quantitative estimate of drug-likeness (QED) is 0.0491. The molecule has 0 aliphatic heterocycles. The summed E-state index contributed by atoms with van der Waals surface area (Å²) in [6.07, 6.45) is 42.5. The smallest absolute Gasteiger partial charge is 0.287 e. The van der Waals surface area contributed by atoms with Crippen LogP contribution in [0.5, 0.6) is 0 Å². The van der Waals surface area contributed by atoms with Gasteiger partial charge in [-0.05, 0) is 40.4 Å².